The minimum Gasteiger partial charge on any atom is -0.491 e. The van der Waals surface area contributed by atoms with Gasteiger partial charge in [0.25, 0.3) is 0 Å². The van der Waals surface area contributed by atoms with E-state index < -0.39 is 9.04 Å². The molecular formula is C17H25O3Si. The molecule has 1 radical (unpaired) electrons. The highest BCUT2D eigenvalue weighted by Gasteiger charge is 2.27. The van der Waals surface area contributed by atoms with Gasteiger partial charge in [-0.15, -0.1) is 0 Å². The molecule has 21 heavy (non-hydrogen) atoms. The van der Waals surface area contributed by atoms with Gasteiger partial charge in [0.05, 0.1) is 6.10 Å². The van der Waals surface area contributed by atoms with Crippen LogP contribution in [0.25, 0.3) is 0 Å². The summed E-state index contributed by atoms with van der Waals surface area (Å²) < 4.78 is 12.0. The van der Waals surface area contributed by atoms with E-state index in [-0.39, 0.29) is 17.3 Å². The second kappa shape index (κ2) is 6.32. The third-order valence-corrected chi connectivity index (χ3v) is 4.50. The number of hydrogen-bond donors (Lipinski definition) is 0. The lowest BCUT2D eigenvalue weighted by Gasteiger charge is -2.32. The van der Waals surface area contributed by atoms with E-state index in [0.717, 1.165) is 23.3 Å². The Bertz CT molecular complexity index is 517. The third kappa shape index (κ3) is 4.17. The standard InChI is InChI=1S/C17H25O3Si/c1-17(2,3)16(20-21(4)5)11-19-13-7-8-14-12(10-13)6-9-15(14)18/h7-8,10,16H,6,9,11H2,1-5H3. The Balaban J connectivity index is 2.03. The zero-order chi connectivity index (χ0) is 15.6. The van der Waals surface area contributed by atoms with Crippen LogP contribution in [-0.2, 0) is 10.8 Å². The molecule has 0 N–H and O–H groups in total. The molecule has 0 aliphatic heterocycles. The summed E-state index contributed by atoms with van der Waals surface area (Å²) in [6.07, 6.45) is 1.54. The maximum atomic E-state index is 11.6. The molecule has 0 fully saturated rings. The molecule has 1 aromatic rings. The van der Waals surface area contributed by atoms with E-state index in [2.05, 4.69) is 33.9 Å². The maximum absolute atomic E-state index is 11.6. The summed E-state index contributed by atoms with van der Waals surface area (Å²) >= 11 is 0. The Kier molecular flexibility index (Phi) is 4.89. The van der Waals surface area contributed by atoms with E-state index in [9.17, 15) is 4.79 Å². The van der Waals surface area contributed by atoms with Gasteiger partial charge < -0.3 is 9.16 Å². The first-order valence-corrected chi connectivity index (χ1v) is 9.94. The fraction of sp³-hybridized carbons (Fsp3) is 0.588. The summed E-state index contributed by atoms with van der Waals surface area (Å²) in [6.45, 7) is 11.4. The molecule has 0 spiro atoms. The fourth-order valence-corrected chi connectivity index (χ4v) is 3.43. The molecule has 2 rings (SSSR count). The van der Waals surface area contributed by atoms with Crippen molar-refractivity contribution < 1.29 is 14.0 Å². The van der Waals surface area contributed by atoms with Crippen molar-refractivity contribution in [1.29, 1.82) is 0 Å². The van der Waals surface area contributed by atoms with Crippen molar-refractivity contribution >= 4 is 14.8 Å². The minimum absolute atomic E-state index is 0.0502. The lowest BCUT2D eigenvalue weighted by Crippen LogP contribution is -2.38. The normalized spacial score (nSPS) is 16.2. The predicted molar refractivity (Wildman–Crippen MR) is 86.4 cm³/mol. The van der Waals surface area contributed by atoms with Crippen LogP contribution in [0.1, 0.15) is 43.1 Å². The average Bonchev–Trinajstić information content (AvgIpc) is 2.74. The molecule has 0 saturated carbocycles. The van der Waals surface area contributed by atoms with Gasteiger partial charge in [0.1, 0.15) is 12.4 Å². The first-order chi connectivity index (χ1) is 9.77. The van der Waals surface area contributed by atoms with Crippen LogP contribution in [0.15, 0.2) is 18.2 Å². The largest absolute Gasteiger partial charge is 0.491 e. The Morgan fingerprint density at radius 1 is 1.24 bits per heavy atom. The van der Waals surface area contributed by atoms with Crippen LogP contribution < -0.4 is 4.74 Å². The summed E-state index contributed by atoms with van der Waals surface area (Å²) in [5.41, 5.74) is 2.02. The second-order valence-corrected chi connectivity index (χ2v) is 8.99. The van der Waals surface area contributed by atoms with Gasteiger partial charge in [0.2, 0.25) is 9.04 Å². The van der Waals surface area contributed by atoms with Crippen molar-refractivity contribution in [2.24, 2.45) is 5.41 Å². The SMILES string of the molecule is C[Si](C)OC(COc1ccc2c(c1)CCC2=O)C(C)(C)C. The molecule has 0 aromatic heterocycles. The molecule has 115 valence electrons. The number of ether oxygens (including phenoxy) is 1. The lowest BCUT2D eigenvalue weighted by molar-refractivity contribution is 0.0412. The summed E-state index contributed by atoms with van der Waals surface area (Å²) in [4.78, 5) is 11.6. The molecule has 3 nitrogen and oxygen atoms in total. The molecule has 1 aliphatic rings. The first-order valence-electron chi connectivity index (χ1n) is 7.53. The van der Waals surface area contributed by atoms with Gasteiger partial charge in [0, 0.05) is 12.0 Å². The molecule has 1 unspecified atom stereocenters. The molecule has 1 aromatic carbocycles. The average molecular weight is 305 g/mol. The van der Waals surface area contributed by atoms with Crippen molar-refractivity contribution in [2.45, 2.75) is 52.8 Å². The van der Waals surface area contributed by atoms with Crippen molar-refractivity contribution in [1.82, 2.24) is 0 Å². The number of carbonyl (C=O) groups excluding carboxylic acids is 1. The number of aryl methyl sites for hydroxylation is 1. The van der Waals surface area contributed by atoms with Gasteiger partial charge in [-0.05, 0) is 48.7 Å². The predicted octanol–water partition coefficient (Wildman–Crippen LogP) is 3.88. The van der Waals surface area contributed by atoms with Gasteiger partial charge in [-0.2, -0.15) is 0 Å². The van der Waals surface area contributed by atoms with Crippen LogP contribution in [0.3, 0.4) is 0 Å². The second-order valence-electron chi connectivity index (χ2n) is 6.93. The van der Waals surface area contributed by atoms with Crippen LogP contribution in [0.4, 0.5) is 0 Å². The molecule has 0 heterocycles. The van der Waals surface area contributed by atoms with Gasteiger partial charge in [-0.1, -0.05) is 20.8 Å². The number of ketones is 1. The van der Waals surface area contributed by atoms with Crippen LogP contribution >= 0.6 is 0 Å². The van der Waals surface area contributed by atoms with Crippen LogP contribution in [-0.4, -0.2) is 27.5 Å². The van der Waals surface area contributed by atoms with Gasteiger partial charge in [-0.25, -0.2) is 0 Å². The van der Waals surface area contributed by atoms with E-state index in [1.165, 1.54) is 0 Å². The molecule has 1 atom stereocenters. The van der Waals surface area contributed by atoms with Crippen LogP contribution in [0.5, 0.6) is 5.75 Å². The number of hydrogen-bond acceptors (Lipinski definition) is 3. The molecular weight excluding hydrogens is 280 g/mol. The fourth-order valence-electron chi connectivity index (χ4n) is 2.44. The Morgan fingerprint density at radius 3 is 2.57 bits per heavy atom. The van der Waals surface area contributed by atoms with Crippen molar-refractivity contribution in [3.63, 3.8) is 0 Å². The number of rotatable bonds is 5. The van der Waals surface area contributed by atoms with Crippen molar-refractivity contribution in [3.8, 4) is 5.75 Å². The third-order valence-electron chi connectivity index (χ3n) is 3.74. The number of carbonyl (C=O) groups is 1. The van der Waals surface area contributed by atoms with Crippen molar-refractivity contribution in [3.05, 3.63) is 29.3 Å². The Morgan fingerprint density at radius 2 is 1.95 bits per heavy atom. The van der Waals surface area contributed by atoms with Crippen molar-refractivity contribution in [2.75, 3.05) is 6.61 Å². The van der Waals surface area contributed by atoms with Gasteiger partial charge in [0.15, 0.2) is 5.78 Å². The zero-order valence-electron chi connectivity index (χ0n) is 13.7. The summed E-state index contributed by atoms with van der Waals surface area (Å²) in [5.74, 6) is 1.08. The highest BCUT2D eigenvalue weighted by atomic mass is 28.3. The summed E-state index contributed by atoms with van der Waals surface area (Å²) in [5, 5.41) is 0. The molecule has 0 amide bonds. The Hall–Kier alpha value is -1.13. The molecule has 0 saturated heterocycles. The molecule has 4 heteroatoms. The van der Waals surface area contributed by atoms with E-state index in [1.807, 2.05) is 18.2 Å². The van der Waals surface area contributed by atoms with Crippen LogP contribution in [0, 0.1) is 5.41 Å². The highest BCUT2D eigenvalue weighted by molar-refractivity contribution is 6.48. The molecule has 1 aliphatic carbocycles. The number of fused-ring (bicyclic) bond motifs is 1. The highest BCUT2D eigenvalue weighted by Crippen LogP contribution is 2.28. The zero-order valence-corrected chi connectivity index (χ0v) is 14.7. The number of benzene rings is 1. The smallest absolute Gasteiger partial charge is 0.205 e. The number of Topliss-reactive ketones (excluding diaryl/α,β-unsaturated/α-hetero) is 1. The topological polar surface area (TPSA) is 35.5 Å². The molecule has 0 bridgehead atoms. The van der Waals surface area contributed by atoms with E-state index in [1.54, 1.807) is 0 Å². The minimum atomic E-state index is -0.760. The van der Waals surface area contributed by atoms with E-state index in [0.29, 0.717) is 13.0 Å². The lowest BCUT2D eigenvalue weighted by atomic mass is 9.90. The van der Waals surface area contributed by atoms with Gasteiger partial charge in [-0.3, -0.25) is 4.79 Å². The van der Waals surface area contributed by atoms with E-state index >= 15 is 0 Å². The van der Waals surface area contributed by atoms with E-state index in [4.69, 9.17) is 9.16 Å². The summed E-state index contributed by atoms with van der Waals surface area (Å²) in [6, 6.07) is 5.79. The van der Waals surface area contributed by atoms with Gasteiger partial charge >= 0.3 is 0 Å². The first kappa shape index (κ1) is 16.2. The summed E-state index contributed by atoms with van der Waals surface area (Å²) in [7, 11) is -0.760. The maximum Gasteiger partial charge on any atom is 0.205 e. The van der Waals surface area contributed by atoms with Crippen LogP contribution in [0.2, 0.25) is 13.1 Å². The monoisotopic (exact) mass is 305 g/mol. The quantitative estimate of drug-likeness (QED) is 0.775. The Labute approximate surface area is 129 Å².